The van der Waals surface area contributed by atoms with Crippen LogP contribution in [0.3, 0.4) is 0 Å². The first-order chi connectivity index (χ1) is 11.8. The first-order valence-corrected chi connectivity index (χ1v) is 8.80. The van der Waals surface area contributed by atoms with Crippen molar-refractivity contribution in [1.82, 2.24) is 9.97 Å². The highest BCUT2D eigenvalue weighted by atomic mass is 16.5. The molecule has 1 aliphatic heterocycles. The Hall–Kier alpha value is -2.30. The van der Waals surface area contributed by atoms with E-state index in [1.807, 2.05) is 24.4 Å². The van der Waals surface area contributed by atoms with E-state index in [0.717, 1.165) is 37.6 Å². The average Bonchev–Trinajstić information content (AvgIpc) is 2.92. The third-order valence-electron chi connectivity index (χ3n) is 4.40. The summed E-state index contributed by atoms with van der Waals surface area (Å²) in [5, 5.41) is 3.34. The predicted molar refractivity (Wildman–Crippen MR) is 97.9 cm³/mol. The zero-order valence-corrected chi connectivity index (χ0v) is 14.4. The number of hydrogen-bond acceptors (Lipinski definition) is 5. The Morgan fingerprint density at radius 3 is 2.75 bits per heavy atom. The molecule has 0 unspecified atom stereocenters. The summed E-state index contributed by atoms with van der Waals surface area (Å²) in [5.41, 5.74) is 1.24. The van der Waals surface area contributed by atoms with E-state index in [1.54, 1.807) is 7.11 Å². The summed E-state index contributed by atoms with van der Waals surface area (Å²) < 4.78 is 5.26. The molecule has 0 saturated carbocycles. The van der Waals surface area contributed by atoms with E-state index in [-0.39, 0.29) is 0 Å². The van der Waals surface area contributed by atoms with Crippen molar-refractivity contribution in [3.8, 4) is 5.75 Å². The molecule has 5 nitrogen and oxygen atoms in total. The Labute approximate surface area is 144 Å². The average molecular weight is 326 g/mol. The minimum Gasteiger partial charge on any atom is -0.497 e. The Morgan fingerprint density at radius 2 is 1.96 bits per heavy atom. The van der Waals surface area contributed by atoms with E-state index in [9.17, 15) is 0 Å². The molecule has 2 aromatic rings. The van der Waals surface area contributed by atoms with Crippen molar-refractivity contribution in [2.45, 2.75) is 32.1 Å². The van der Waals surface area contributed by atoms with Crippen molar-refractivity contribution in [1.29, 1.82) is 0 Å². The van der Waals surface area contributed by atoms with Crippen LogP contribution in [-0.2, 0) is 6.42 Å². The van der Waals surface area contributed by atoms with E-state index in [4.69, 9.17) is 4.74 Å². The van der Waals surface area contributed by atoms with Gasteiger partial charge < -0.3 is 15.0 Å². The van der Waals surface area contributed by atoms with Crippen LogP contribution in [0.15, 0.2) is 36.5 Å². The zero-order valence-electron chi connectivity index (χ0n) is 14.4. The van der Waals surface area contributed by atoms with Crippen LogP contribution >= 0.6 is 0 Å². The van der Waals surface area contributed by atoms with Crippen molar-refractivity contribution < 1.29 is 4.74 Å². The molecule has 0 atom stereocenters. The molecule has 3 rings (SSSR count). The summed E-state index contributed by atoms with van der Waals surface area (Å²) in [6.07, 6.45) is 7.92. The summed E-state index contributed by atoms with van der Waals surface area (Å²) in [7, 11) is 1.69. The summed E-state index contributed by atoms with van der Waals surface area (Å²) in [6, 6.07) is 10.2. The van der Waals surface area contributed by atoms with Crippen LogP contribution in [-0.4, -0.2) is 36.7 Å². The molecule has 5 heteroatoms. The standard InChI is InChI=1S/C19H26N4O/c1-24-17-8-6-7-16(15-17)9-11-20-19-21-12-10-18(22-19)23-13-4-2-3-5-14-23/h6-8,10,12,15H,2-5,9,11,13-14H2,1H3,(H,20,21,22). The first-order valence-electron chi connectivity index (χ1n) is 8.80. The van der Waals surface area contributed by atoms with Gasteiger partial charge in [-0.3, -0.25) is 0 Å². The molecule has 2 heterocycles. The minimum atomic E-state index is 0.708. The van der Waals surface area contributed by atoms with Crippen molar-refractivity contribution >= 4 is 11.8 Å². The molecule has 1 aromatic carbocycles. The van der Waals surface area contributed by atoms with Gasteiger partial charge in [0.05, 0.1) is 7.11 Å². The van der Waals surface area contributed by atoms with Gasteiger partial charge >= 0.3 is 0 Å². The van der Waals surface area contributed by atoms with Crippen LogP contribution in [0.2, 0.25) is 0 Å². The molecule has 128 valence electrons. The fraction of sp³-hybridized carbons (Fsp3) is 0.474. The molecular formula is C19H26N4O. The van der Waals surface area contributed by atoms with Gasteiger partial charge in [0.2, 0.25) is 5.95 Å². The van der Waals surface area contributed by atoms with Gasteiger partial charge in [-0.15, -0.1) is 0 Å². The van der Waals surface area contributed by atoms with Crippen LogP contribution in [0.5, 0.6) is 5.75 Å². The lowest BCUT2D eigenvalue weighted by molar-refractivity contribution is 0.414. The summed E-state index contributed by atoms with van der Waals surface area (Å²) in [4.78, 5) is 11.4. The number of nitrogens with one attached hydrogen (secondary N) is 1. The maximum absolute atomic E-state index is 5.26. The van der Waals surface area contributed by atoms with Gasteiger partial charge in [-0.05, 0) is 43.0 Å². The number of benzene rings is 1. The number of ether oxygens (including phenoxy) is 1. The number of nitrogens with zero attached hydrogens (tertiary/aromatic N) is 3. The molecule has 1 aliphatic rings. The number of aromatic nitrogens is 2. The maximum Gasteiger partial charge on any atom is 0.224 e. The van der Waals surface area contributed by atoms with Gasteiger partial charge in [-0.1, -0.05) is 25.0 Å². The summed E-state index contributed by atoms with van der Waals surface area (Å²) >= 11 is 0. The second kappa shape index (κ2) is 8.52. The molecule has 0 amide bonds. The lowest BCUT2D eigenvalue weighted by Gasteiger charge is -2.21. The lowest BCUT2D eigenvalue weighted by atomic mass is 10.1. The van der Waals surface area contributed by atoms with Crippen LogP contribution < -0.4 is 15.0 Å². The van der Waals surface area contributed by atoms with Gasteiger partial charge in [0, 0.05) is 25.8 Å². The highest BCUT2D eigenvalue weighted by Gasteiger charge is 2.11. The Kier molecular flexibility index (Phi) is 5.88. The quantitative estimate of drug-likeness (QED) is 0.880. The maximum atomic E-state index is 5.26. The molecule has 1 aromatic heterocycles. The fourth-order valence-electron chi connectivity index (χ4n) is 3.06. The van der Waals surface area contributed by atoms with Crippen LogP contribution in [0.1, 0.15) is 31.2 Å². The predicted octanol–water partition coefficient (Wildman–Crippen LogP) is 3.52. The number of rotatable bonds is 6. The molecule has 0 spiro atoms. The van der Waals surface area contributed by atoms with Crippen molar-refractivity contribution in [2.75, 3.05) is 37.0 Å². The second-order valence-electron chi connectivity index (χ2n) is 6.17. The van der Waals surface area contributed by atoms with E-state index in [0.29, 0.717) is 5.95 Å². The van der Waals surface area contributed by atoms with Crippen LogP contribution in [0, 0.1) is 0 Å². The third kappa shape index (κ3) is 4.60. The molecule has 24 heavy (non-hydrogen) atoms. The second-order valence-corrected chi connectivity index (χ2v) is 6.17. The van der Waals surface area contributed by atoms with Gasteiger partial charge in [0.25, 0.3) is 0 Å². The summed E-state index contributed by atoms with van der Waals surface area (Å²) in [6.45, 7) is 3.00. The van der Waals surface area contributed by atoms with Gasteiger partial charge in [0.15, 0.2) is 0 Å². The number of anilines is 2. The smallest absolute Gasteiger partial charge is 0.224 e. The Morgan fingerprint density at radius 1 is 1.12 bits per heavy atom. The van der Waals surface area contributed by atoms with Crippen molar-refractivity contribution in [3.63, 3.8) is 0 Å². The van der Waals surface area contributed by atoms with E-state index >= 15 is 0 Å². The molecule has 0 bridgehead atoms. The molecule has 1 saturated heterocycles. The van der Waals surface area contributed by atoms with Gasteiger partial charge in [-0.25, -0.2) is 4.98 Å². The summed E-state index contributed by atoms with van der Waals surface area (Å²) in [5.74, 6) is 2.64. The number of methoxy groups -OCH3 is 1. The van der Waals surface area contributed by atoms with Crippen LogP contribution in [0.4, 0.5) is 11.8 Å². The molecule has 1 N–H and O–H groups in total. The Bertz CT molecular complexity index is 639. The largest absolute Gasteiger partial charge is 0.497 e. The number of hydrogen-bond donors (Lipinski definition) is 1. The lowest BCUT2D eigenvalue weighted by Crippen LogP contribution is -2.25. The van der Waals surface area contributed by atoms with Gasteiger partial charge in [-0.2, -0.15) is 4.98 Å². The zero-order chi connectivity index (χ0) is 16.6. The fourth-order valence-corrected chi connectivity index (χ4v) is 3.06. The van der Waals surface area contributed by atoms with Gasteiger partial charge in [0.1, 0.15) is 11.6 Å². The SMILES string of the molecule is COc1cccc(CCNc2nccc(N3CCCCCC3)n2)c1. The van der Waals surface area contributed by atoms with Crippen molar-refractivity contribution in [3.05, 3.63) is 42.1 Å². The normalized spacial score (nSPS) is 15.0. The highest BCUT2D eigenvalue weighted by molar-refractivity contribution is 5.42. The third-order valence-corrected chi connectivity index (χ3v) is 4.40. The van der Waals surface area contributed by atoms with E-state index in [1.165, 1.54) is 31.2 Å². The molecule has 1 fully saturated rings. The Balaban J connectivity index is 1.56. The molecule has 0 aliphatic carbocycles. The van der Waals surface area contributed by atoms with E-state index in [2.05, 4.69) is 32.3 Å². The molecular weight excluding hydrogens is 300 g/mol. The molecule has 0 radical (unpaired) electrons. The van der Waals surface area contributed by atoms with Crippen LogP contribution in [0.25, 0.3) is 0 Å². The van der Waals surface area contributed by atoms with Crippen molar-refractivity contribution in [2.24, 2.45) is 0 Å². The monoisotopic (exact) mass is 326 g/mol. The highest BCUT2D eigenvalue weighted by Crippen LogP contribution is 2.18. The first kappa shape index (κ1) is 16.6. The topological polar surface area (TPSA) is 50.3 Å². The minimum absolute atomic E-state index is 0.708. The van der Waals surface area contributed by atoms with E-state index < -0.39 is 0 Å².